The molecule has 4 nitrogen and oxygen atoms in total. The third kappa shape index (κ3) is 3.03. The third-order valence-electron chi connectivity index (χ3n) is 2.47. The van der Waals surface area contributed by atoms with E-state index in [1.165, 1.54) is 12.4 Å². The van der Waals surface area contributed by atoms with Gasteiger partial charge in [0.2, 0.25) is 0 Å². The SMILES string of the molecule is CC(Nc1cc(=O)[nH]cn1)c1ccc(Cl)cc1Cl. The second kappa shape index (κ2) is 5.42. The lowest BCUT2D eigenvalue weighted by atomic mass is 10.1. The van der Waals surface area contributed by atoms with Gasteiger partial charge in [0.15, 0.2) is 0 Å². The van der Waals surface area contributed by atoms with Gasteiger partial charge in [0, 0.05) is 16.1 Å². The maximum atomic E-state index is 11.1. The molecule has 1 aromatic heterocycles. The summed E-state index contributed by atoms with van der Waals surface area (Å²) < 4.78 is 0. The molecule has 1 heterocycles. The van der Waals surface area contributed by atoms with Crippen LogP contribution in [-0.4, -0.2) is 9.97 Å². The summed E-state index contributed by atoms with van der Waals surface area (Å²) in [7, 11) is 0. The quantitative estimate of drug-likeness (QED) is 0.909. The molecular weight excluding hydrogens is 273 g/mol. The fourth-order valence-electron chi connectivity index (χ4n) is 1.60. The van der Waals surface area contributed by atoms with Crippen LogP contribution in [0.3, 0.4) is 0 Å². The van der Waals surface area contributed by atoms with Crippen molar-refractivity contribution in [1.82, 2.24) is 9.97 Å². The van der Waals surface area contributed by atoms with E-state index in [4.69, 9.17) is 23.2 Å². The largest absolute Gasteiger partial charge is 0.363 e. The van der Waals surface area contributed by atoms with Crippen LogP contribution in [0.15, 0.2) is 35.4 Å². The predicted octanol–water partition coefficient (Wildman–Crippen LogP) is 3.25. The van der Waals surface area contributed by atoms with Crippen LogP contribution in [0, 0.1) is 0 Å². The molecular formula is C12H11Cl2N3O. The topological polar surface area (TPSA) is 57.8 Å². The third-order valence-corrected chi connectivity index (χ3v) is 3.03. The van der Waals surface area contributed by atoms with Gasteiger partial charge in [-0.05, 0) is 24.6 Å². The molecule has 0 amide bonds. The number of H-pyrrole nitrogens is 1. The number of halogens is 2. The molecule has 1 aromatic carbocycles. The van der Waals surface area contributed by atoms with Crippen molar-refractivity contribution in [1.29, 1.82) is 0 Å². The highest BCUT2D eigenvalue weighted by Crippen LogP contribution is 2.27. The van der Waals surface area contributed by atoms with Crippen molar-refractivity contribution in [2.75, 3.05) is 5.32 Å². The fourth-order valence-corrected chi connectivity index (χ4v) is 2.17. The highest BCUT2D eigenvalue weighted by atomic mass is 35.5. The Kier molecular flexibility index (Phi) is 3.89. The first-order valence-electron chi connectivity index (χ1n) is 5.32. The number of aromatic amines is 1. The van der Waals surface area contributed by atoms with Crippen molar-refractivity contribution in [3.8, 4) is 0 Å². The highest BCUT2D eigenvalue weighted by Gasteiger charge is 2.10. The zero-order valence-electron chi connectivity index (χ0n) is 9.58. The fraction of sp³-hybridized carbons (Fsp3) is 0.167. The van der Waals surface area contributed by atoms with E-state index in [2.05, 4.69) is 15.3 Å². The molecule has 2 rings (SSSR count). The number of anilines is 1. The van der Waals surface area contributed by atoms with Gasteiger partial charge in [-0.2, -0.15) is 0 Å². The summed E-state index contributed by atoms with van der Waals surface area (Å²) in [5, 5.41) is 4.27. The number of benzene rings is 1. The minimum Gasteiger partial charge on any atom is -0.363 e. The van der Waals surface area contributed by atoms with Crippen LogP contribution >= 0.6 is 23.2 Å². The van der Waals surface area contributed by atoms with Gasteiger partial charge in [0.1, 0.15) is 5.82 Å². The molecule has 1 atom stereocenters. The minimum absolute atomic E-state index is 0.0796. The summed E-state index contributed by atoms with van der Waals surface area (Å²) in [5.41, 5.74) is 0.685. The van der Waals surface area contributed by atoms with Gasteiger partial charge in [0.05, 0.1) is 12.4 Å². The van der Waals surface area contributed by atoms with E-state index < -0.39 is 0 Å². The van der Waals surface area contributed by atoms with Crippen molar-refractivity contribution in [2.24, 2.45) is 0 Å². The zero-order chi connectivity index (χ0) is 13.1. The molecule has 0 aliphatic heterocycles. The van der Waals surface area contributed by atoms with Crippen LogP contribution in [0.5, 0.6) is 0 Å². The van der Waals surface area contributed by atoms with E-state index in [0.29, 0.717) is 15.9 Å². The Morgan fingerprint density at radius 1 is 1.33 bits per heavy atom. The predicted molar refractivity (Wildman–Crippen MR) is 73.4 cm³/mol. The Labute approximate surface area is 114 Å². The Balaban J connectivity index is 2.21. The number of hydrogen-bond acceptors (Lipinski definition) is 3. The smallest absolute Gasteiger partial charge is 0.252 e. The van der Waals surface area contributed by atoms with Crippen molar-refractivity contribution >= 4 is 29.0 Å². The maximum absolute atomic E-state index is 11.1. The molecule has 94 valence electrons. The molecule has 6 heteroatoms. The summed E-state index contributed by atoms with van der Waals surface area (Å²) in [4.78, 5) is 17.6. The van der Waals surface area contributed by atoms with Crippen molar-refractivity contribution in [2.45, 2.75) is 13.0 Å². The summed E-state index contributed by atoms with van der Waals surface area (Å²) in [6, 6.07) is 6.60. The summed E-state index contributed by atoms with van der Waals surface area (Å²) >= 11 is 11.9. The molecule has 2 aromatic rings. The van der Waals surface area contributed by atoms with Crippen LogP contribution in [-0.2, 0) is 0 Å². The Hall–Kier alpha value is -1.52. The van der Waals surface area contributed by atoms with Crippen LogP contribution < -0.4 is 10.9 Å². The van der Waals surface area contributed by atoms with E-state index in [9.17, 15) is 4.79 Å². The van der Waals surface area contributed by atoms with Crippen molar-refractivity contribution in [3.63, 3.8) is 0 Å². The molecule has 2 N–H and O–H groups in total. The van der Waals surface area contributed by atoms with Crippen molar-refractivity contribution in [3.05, 3.63) is 56.6 Å². The Morgan fingerprint density at radius 2 is 2.11 bits per heavy atom. The van der Waals surface area contributed by atoms with E-state index in [1.54, 1.807) is 12.1 Å². The summed E-state index contributed by atoms with van der Waals surface area (Å²) in [5.74, 6) is 0.497. The summed E-state index contributed by atoms with van der Waals surface area (Å²) in [6.45, 7) is 1.93. The second-order valence-corrected chi connectivity index (χ2v) is 4.67. The monoisotopic (exact) mass is 283 g/mol. The van der Waals surface area contributed by atoms with Crippen molar-refractivity contribution < 1.29 is 0 Å². The van der Waals surface area contributed by atoms with Gasteiger partial charge in [-0.1, -0.05) is 29.3 Å². The Bertz CT molecular complexity index is 612. The van der Waals surface area contributed by atoms with Gasteiger partial charge in [-0.25, -0.2) is 4.98 Å². The van der Waals surface area contributed by atoms with Gasteiger partial charge in [0.25, 0.3) is 5.56 Å². The lowest BCUT2D eigenvalue weighted by molar-refractivity contribution is 0.870. The zero-order valence-corrected chi connectivity index (χ0v) is 11.1. The van der Waals surface area contributed by atoms with E-state index in [1.807, 2.05) is 13.0 Å². The average Bonchev–Trinajstić information content (AvgIpc) is 2.28. The van der Waals surface area contributed by atoms with Crippen LogP contribution in [0.1, 0.15) is 18.5 Å². The van der Waals surface area contributed by atoms with Gasteiger partial charge < -0.3 is 10.3 Å². The highest BCUT2D eigenvalue weighted by molar-refractivity contribution is 6.35. The van der Waals surface area contributed by atoms with Gasteiger partial charge in [-0.3, -0.25) is 4.79 Å². The average molecular weight is 284 g/mol. The number of rotatable bonds is 3. The molecule has 1 unspecified atom stereocenters. The molecule has 0 radical (unpaired) electrons. The first kappa shape index (κ1) is 12.9. The lowest BCUT2D eigenvalue weighted by Crippen LogP contribution is -2.12. The first-order valence-corrected chi connectivity index (χ1v) is 6.08. The first-order chi connectivity index (χ1) is 8.56. The normalized spacial score (nSPS) is 12.2. The lowest BCUT2D eigenvalue weighted by Gasteiger charge is -2.16. The van der Waals surface area contributed by atoms with Crippen LogP contribution in [0.25, 0.3) is 0 Å². The minimum atomic E-state index is -0.207. The second-order valence-electron chi connectivity index (χ2n) is 3.83. The standard InChI is InChI=1S/C12H11Cl2N3O/c1-7(9-3-2-8(13)4-10(9)14)17-11-5-12(18)16-6-15-11/h2-7H,1H3,(H2,15,16,17,18). The molecule has 0 aliphatic rings. The van der Waals surface area contributed by atoms with E-state index in [-0.39, 0.29) is 11.6 Å². The van der Waals surface area contributed by atoms with Gasteiger partial charge in [-0.15, -0.1) is 0 Å². The molecule has 0 fully saturated rings. The molecule has 0 spiro atoms. The van der Waals surface area contributed by atoms with E-state index >= 15 is 0 Å². The molecule has 0 saturated heterocycles. The molecule has 0 saturated carbocycles. The number of hydrogen-bond donors (Lipinski definition) is 2. The summed E-state index contributed by atoms with van der Waals surface area (Å²) in [6.07, 6.45) is 1.35. The van der Waals surface area contributed by atoms with Gasteiger partial charge >= 0.3 is 0 Å². The number of nitrogens with zero attached hydrogens (tertiary/aromatic N) is 1. The Morgan fingerprint density at radius 3 is 2.78 bits per heavy atom. The molecule has 0 aliphatic carbocycles. The van der Waals surface area contributed by atoms with Crippen LogP contribution in [0.2, 0.25) is 10.0 Å². The number of nitrogens with one attached hydrogen (secondary N) is 2. The van der Waals surface area contributed by atoms with E-state index in [0.717, 1.165) is 5.56 Å². The molecule has 18 heavy (non-hydrogen) atoms. The molecule has 0 bridgehead atoms. The number of aromatic nitrogens is 2. The van der Waals surface area contributed by atoms with Crippen LogP contribution in [0.4, 0.5) is 5.82 Å². The maximum Gasteiger partial charge on any atom is 0.252 e.